The lowest BCUT2D eigenvalue weighted by molar-refractivity contribution is 0.223. The van der Waals surface area contributed by atoms with Gasteiger partial charge in [0.1, 0.15) is 0 Å². The monoisotopic (exact) mass is 212 g/mol. The summed E-state index contributed by atoms with van der Waals surface area (Å²) in [6.07, 6.45) is 2.85. The van der Waals surface area contributed by atoms with Gasteiger partial charge < -0.3 is 9.80 Å². The van der Waals surface area contributed by atoms with Crippen LogP contribution in [0.4, 0.5) is 0 Å². The Kier molecular flexibility index (Phi) is 4.60. The molecule has 2 rings (SSSR count). The number of hydrogen-bond acceptors (Lipinski definition) is 2. The van der Waals surface area contributed by atoms with Gasteiger partial charge in [0, 0.05) is 19.1 Å². The molecule has 0 bridgehead atoms. The third-order valence-corrected chi connectivity index (χ3v) is 3.83. The number of nitrogens with zero attached hydrogens (tertiary/aromatic N) is 2. The molecule has 2 aliphatic heterocycles. The number of likely N-dealkylation sites (tertiary alicyclic amines) is 2. The van der Waals surface area contributed by atoms with Crippen molar-refractivity contribution >= 4 is 0 Å². The molecule has 0 N–H and O–H groups in total. The van der Waals surface area contributed by atoms with E-state index in [0.29, 0.717) is 5.41 Å². The van der Waals surface area contributed by atoms with Crippen molar-refractivity contribution in [1.82, 2.24) is 9.80 Å². The average Bonchev–Trinajstić information content (AvgIpc) is 2.78. The molecule has 15 heavy (non-hydrogen) atoms. The maximum absolute atomic E-state index is 2.64. The molecule has 90 valence electrons. The normalized spacial score (nSPS) is 32.4. The highest BCUT2D eigenvalue weighted by Crippen LogP contribution is 2.39. The average molecular weight is 212 g/mol. The lowest BCUT2D eigenvalue weighted by Crippen LogP contribution is -2.33. The van der Waals surface area contributed by atoms with Gasteiger partial charge >= 0.3 is 0 Å². The minimum atomic E-state index is 0.666. The van der Waals surface area contributed by atoms with Crippen molar-refractivity contribution in [3.05, 3.63) is 0 Å². The molecular weight excluding hydrogens is 184 g/mol. The second kappa shape index (κ2) is 5.31. The molecule has 1 atom stereocenters. The van der Waals surface area contributed by atoms with Gasteiger partial charge in [-0.1, -0.05) is 13.8 Å². The predicted molar refractivity (Wildman–Crippen MR) is 67.2 cm³/mol. The van der Waals surface area contributed by atoms with E-state index in [9.17, 15) is 0 Å². The topological polar surface area (TPSA) is 6.48 Å². The van der Waals surface area contributed by atoms with Crippen molar-refractivity contribution in [1.29, 1.82) is 0 Å². The Bertz CT molecular complexity index is 191. The Hall–Kier alpha value is -0.0800. The Morgan fingerprint density at radius 3 is 2.00 bits per heavy atom. The molecule has 0 amide bonds. The largest absolute Gasteiger partial charge is 0.306 e. The minimum Gasteiger partial charge on any atom is -0.306 e. The smallest absolute Gasteiger partial charge is 0.00539 e. The van der Waals surface area contributed by atoms with Crippen LogP contribution in [0.5, 0.6) is 0 Å². The Morgan fingerprint density at radius 1 is 1.00 bits per heavy atom. The van der Waals surface area contributed by atoms with E-state index < -0.39 is 0 Å². The molecular formula is C13H28N2. The molecule has 2 heteroatoms. The summed E-state index contributed by atoms with van der Waals surface area (Å²) in [4.78, 5) is 5.13. The summed E-state index contributed by atoms with van der Waals surface area (Å²) in [5.41, 5.74) is 0.666. The zero-order chi connectivity index (χ0) is 11.5. The van der Waals surface area contributed by atoms with E-state index in [4.69, 9.17) is 0 Å². The van der Waals surface area contributed by atoms with Gasteiger partial charge in [0.2, 0.25) is 0 Å². The minimum absolute atomic E-state index is 0.666. The first-order chi connectivity index (χ1) is 7.11. The van der Waals surface area contributed by atoms with Crippen LogP contribution in [0.3, 0.4) is 0 Å². The van der Waals surface area contributed by atoms with Crippen LogP contribution >= 0.6 is 0 Å². The first kappa shape index (κ1) is 13.0. The zero-order valence-electron chi connectivity index (χ0n) is 11.2. The summed E-state index contributed by atoms with van der Waals surface area (Å²) in [7, 11) is 2.26. The quantitative estimate of drug-likeness (QED) is 0.659. The molecule has 0 aromatic carbocycles. The fraction of sp³-hybridized carbons (Fsp3) is 1.00. The first-order valence-electron chi connectivity index (χ1n) is 6.54. The summed E-state index contributed by atoms with van der Waals surface area (Å²) in [6.45, 7) is 13.9. The van der Waals surface area contributed by atoms with Gasteiger partial charge in [-0.05, 0) is 52.2 Å². The van der Waals surface area contributed by atoms with Crippen LogP contribution in [0.25, 0.3) is 0 Å². The lowest BCUT2D eigenvalue weighted by Gasteiger charge is -2.25. The molecule has 1 unspecified atom stereocenters. The van der Waals surface area contributed by atoms with Crippen LogP contribution < -0.4 is 0 Å². The molecule has 0 aliphatic carbocycles. The van der Waals surface area contributed by atoms with Gasteiger partial charge in [0.15, 0.2) is 0 Å². The van der Waals surface area contributed by atoms with Crippen LogP contribution in [-0.4, -0.2) is 49.1 Å². The Morgan fingerprint density at radius 2 is 1.60 bits per heavy atom. The van der Waals surface area contributed by atoms with E-state index in [1.165, 1.54) is 39.0 Å². The summed E-state index contributed by atoms with van der Waals surface area (Å²) in [5, 5.41) is 0. The van der Waals surface area contributed by atoms with E-state index in [1.54, 1.807) is 0 Å². The highest BCUT2D eigenvalue weighted by molar-refractivity contribution is 4.96. The third-order valence-electron chi connectivity index (χ3n) is 3.83. The molecule has 0 aromatic heterocycles. The highest BCUT2D eigenvalue weighted by atomic mass is 15.2. The lowest BCUT2D eigenvalue weighted by atomic mass is 9.86. The summed E-state index contributed by atoms with van der Waals surface area (Å²) in [6, 6.07) is 0.741. The molecule has 0 aromatic rings. The second-order valence-electron chi connectivity index (χ2n) is 5.30. The van der Waals surface area contributed by atoms with Crippen LogP contribution in [0, 0.1) is 5.41 Å². The first-order valence-corrected chi connectivity index (χ1v) is 6.54. The molecule has 2 fully saturated rings. The molecule has 0 saturated carbocycles. The van der Waals surface area contributed by atoms with E-state index >= 15 is 0 Å². The summed E-state index contributed by atoms with van der Waals surface area (Å²) >= 11 is 0. The van der Waals surface area contributed by atoms with Gasteiger partial charge in [0.05, 0.1) is 0 Å². The van der Waals surface area contributed by atoms with Crippen molar-refractivity contribution in [2.75, 3.05) is 33.2 Å². The van der Waals surface area contributed by atoms with Crippen molar-refractivity contribution in [2.45, 2.75) is 46.6 Å². The standard InChI is InChI=1S/C11H22N2.C2H6/c1-10(2)13-7-5-11(9-13)4-6-12(3)8-11;1-2/h10H,4-9H2,1-3H3;1-2H3. The second-order valence-corrected chi connectivity index (χ2v) is 5.30. The van der Waals surface area contributed by atoms with Crippen LogP contribution in [0.15, 0.2) is 0 Å². The molecule has 1 spiro atoms. The molecule has 2 nitrogen and oxygen atoms in total. The fourth-order valence-corrected chi connectivity index (χ4v) is 2.90. The van der Waals surface area contributed by atoms with Crippen LogP contribution in [0.1, 0.15) is 40.5 Å². The maximum Gasteiger partial charge on any atom is 0.00539 e. The van der Waals surface area contributed by atoms with Gasteiger partial charge in [-0.2, -0.15) is 0 Å². The van der Waals surface area contributed by atoms with Crippen LogP contribution in [0.2, 0.25) is 0 Å². The van der Waals surface area contributed by atoms with E-state index in [1.807, 2.05) is 13.8 Å². The van der Waals surface area contributed by atoms with Gasteiger partial charge in [0.25, 0.3) is 0 Å². The molecule has 2 heterocycles. The van der Waals surface area contributed by atoms with Gasteiger partial charge in [-0.25, -0.2) is 0 Å². The van der Waals surface area contributed by atoms with Gasteiger partial charge in [-0.3, -0.25) is 0 Å². The molecule has 2 saturated heterocycles. The Balaban J connectivity index is 0.000000531. The highest BCUT2D eigenvalue weighted by Gasteiger charge is 2.42. The predicted octanol–water partition coefficient (Wildman–Crippen LogP) is 2.45. The molecule has 0 radical (unpaired) electrons. The van der Waals surface area contributed by atoms with E-state index in [2.05, 4.69) is 30.7 Å². The van der Waals surface area contributed by atoms with E-state index in [0.717, 1.165) is 6.04 Å². The Labute approximate surface area is 95.6 Å². The summed E-state index contributed by atoms with van der Waals surface area (Å²) in [5.74, 6) is 0. The summed E-state index contributed by atoms with van der Waals surface area (Å²) < 4.78 is 0. The SMILES string of the molecule is CC.CC(C)N1CCC2(CCN(C)C2)C1. The fourth-order valence-electron chi connectivity index (χ4n) is 2.90. The molecule has 2 aliphatic rings. The zero-order valence-corrected chi connectivity index (χ0v) is 11.2. The van der Waals surface area contributed by atoms with E-state index in [-0.39, 0.29) is 0 Å². The third kappa shape index (κ3) is 2.94. The van der Waals surface area contributed by atoms with Crippen molar-refractivity contribution in [2.24, 2.45) is 5.41 Å². The number of hydrogen-bond donors (Lipinski definition) is 0. The van der Waals surface area contributed by atoms with Crippen molar-refractivity contribution < 1.29 is 0 Å². The maximum atomic E-state index is 2.64. The van der Waals surface area contributed by atoms with Crippen LogP contribution in [-0.2, 0) is 0 Å². The van der Waals surface area contributed by atoms with Gasteiger partial charge in [-0.15, -0.1) is 0 Å². The number of rotatable bonds is 1. The van der Waals surface area contributed by atoms with Crippen molar-refractivity contribution in [3.63, 3.8) is 0 Å². The van der Waals surface area contributed by atoms with Crippen molar-refractivity contribution in [3.8, 4) is 0 Å².